The van der Waals surface area contributed by atoms with Crippen molar-refractivity contribution in [2.24, 2.45) is 0 Å². The Labute approximate surface area is 112 Å². The van der Waals surface area contributed by atoms with Crippen molar-refractivity contribution in [2.45, 2.75) is 0 Å². The number of rotatable bonds is 3. The number of benzene rings is 1. The third-order valence-corrected chi connectivity index (χ3v) is 2.48. The maximum atomic E-state index is 13.4. The van der Waals surface area contributed by atoms with Gasteiger partial charge in [0.1, 0.15) is 28.9 Å². The van der Waals surface area contributed by atoms with Gasteiger partial charge in [0, 0.05) is 6.20 Å². The average molecular weight is 273 g/mol. The Hall–Kier alpha value is -3.14. The first-order chi connectivity index (χ1) is 9.54. The highest BCUT2D eigenvalue weighted by Crippen LogP contribution is 2.30. The molecule has 0 aliphatic carbocycles. The number of carboxylic acids is 1. The molecule has 0 unspecified atom stereocenters. The number of hydrogen-bond donors (Lipinski definition) is 2. The third kappa shape index (κ3) is 2.35. The fourth-order valence-corrected chi connectivity index (χ4v) is 1.52. The minimum atomic E-state index is -1.24. The first-order valence-corrected chi connectivity index (χ1v) is 5.39. The van der Waals surface area contributed by atoms with Gasteiger partial charge in [-0.2, -0.15) is 5.26 Å². The standard InChI is InChI=1S/C13H8FN3O3/c14-9-2-1-3-10(8(9)6-15)20-12-11(16)7(13(18)19)4-5-17-12/h1-5H,16H2,(H,18,19). The largest absolute Gasteiger partial charge is 0.478 e. The van der Waals surface area contributed by atoms with Gasteiger partial charge in [0.05, 0.1) is 5.56 Å². The fraction of sp³-hybridized carbons (Fsp3) is 0. The maximum Gasteiger partial charge on any atom is 0.338 e. The molecule has 0 aliphatic heterocycles. The second-order valence-electron chi connectivity index (χ2n) is 3.71. The molecule has 0 saturated carbocycles. The van der Waals surface area contributed by atoms with Crippen LogP contribution in [0.2, 0.25) is 0 Å². The Bertz CT molecular complexity index is 725. The third-order valence-electron chi connectivity index (χ3n) is 2.48. The quantitative estimate of drug-likeness (QED) is 0.886. The fourth-order valence-electron chi connectivity index (χ4n) is 1.52. The molecule has 0 atom stereocenters. The summed E-state index contributed by atoms with van der Waals surface area (Å²) in [5, 5.41) is 17.8. The molecule has 3 N–H and O–H groups in total. The topological polar surface area (TPSA) is 109 Å². The normalized spacial score (nSPS) is 9.80. The summed E-state index contributed by atoms with van der Waals surface area (Å²) >= 11 is 0. The van der Waals surface area contributed by atoms with E-state index in [1.54, 1.807) is 6.07 Å². The molecule has 20 heavy (non-hydrogen) atoms. The van der Waals surface area contributed by atoms with E-state index in [0.29, 0.717) is 0 Å². The average Bonchev–Trinajstić information content (AvgIpc) is 2.41. The van der Waals surface area contributed by atoms with E-state index in [-0.39, 0.29) is 28.4 Å². The molecule has 0 fully saturated rings. The first-order valence-electron chi connectivity index (χ1n) is 5.39. The summed E-state index contributed by atoms with van der Waals surface area (Å²) in [6, 6.07) is 6.68. The SMILES string of the molecule is N#Cc1c(F)cccc1Oc1nccc(C(=O)O)c1N. The summed E-state index contributed by atoms with van der Waals surface area (Å²) in [5.41, 5.74) is 4.92. The summed E-state index contributed by atoms with van der Waals surface area (Å²) < 4.78 is 18.7. The number of anilines is 1. The number of carboxylic acid groups (broad SMARTS) is 1. The predicted octanol–water partition coefficient (Wildman–Crippen LogP) is 2.17. The van der Waals surface area contributed by atoms with Gasteiger partial charge in [-0.3, -0.25) is 0 Å². The van der Waals surface area contributed by atoms with Crippen LogP contribution in [0.25, 0.3) is 0 Å². The number of hydrogen-bond acceptors (Lipinski definition) is 5. The van der Waals surface area contributed by atoms with Crippen molar-refractivity contribution in [2.75, 3.05) is 5.73 Å². The molecule has 7 heteroatoms. The molecule has 2 aromatic rings. The second-order valence-corrected chi connectivity index (χ2v) is 3.71. The van der Waals surface area contributed by atoms with E-state index in [1.807, 2.05) is 0 Å². The van der Waals surface area contributed by atoms with Crippen molar-refractivity contribution in [3.63, 3.8) is 0 Å². The van der Waals surface area contributed by atoms with Crippen LogP contribution >= 0.6 is 0 Å². The van der Waals surface area contributed by atoms with Gasteiger partial charge in [0.15, 0.2) is 0 Å². The number of ether oxygens (including phenoxy) is 1. The number of carbonyl (C=O) groups is 1. The summed E-state index contributed by atoms with van der Waals surface area (Å²) in [6.07, 6.45) is 1.19. The van der Waals surface area contributed by atoms with Gasteiger partial charge in [-0.05, 0) is 18.2 Å². The van der Waals surface area contributed by atoms with Crippen LogP contribution in [0, 0.1) is 17.1 Å². The molecular formula is C13H8FN3O3. The molecule has 1 heterocycles. The zero-order chi connectivity index (χ0) is 14.7. The van der Waals surface area contributed by atoms with E-state index in [4.69, 9.17) is 20.8 Å². The molecule has 100 valence electrons. The Morgan fingerprint density at radius 3 is 2.85 bits per heavy atom. The number of aromatic nitrogens is 1. The highest BCUT2D eigenvalue weighted by atomic mass is 19.1. The van der Waals surface area contributed by atoms with E-state index >= 15 is 0 Å². The molecule has 6 nitrogen and oxygen atoms in total. The summed E-state index contributed by atoms with van der Waals surface area (Å²) in [5.74, 6) is -2.28. The molecule has 0 radical (unpaired) electrons. The van der Waals surface area contributed by atoms with Gasteiger partial charge in [-0.25, -0.2) is 14.2 Å². The highest BCUT2D eigenvalue weighted by Gasteiger charge is 2.16. The van der Waals surface area contributed by atoms with Crippen molar-refractivity contribution in [1.82, 2.24) is 4.98 Å². The van der Waals surface area contributed by atoms with Crippen molar-refractivity contribution < 1.29 is 19.0 Å². The van der Waals surface area contributed by atoms with Gasteiger partial charge < -0.3 is 15.6 Å². The molecule has 0 bridgehead atoms. The molecule has 0 saturated heterocycles. The maximum absolute atomic E-state index is 13.4. The van der Waals surface area contributed by atoms with E-state index in [2.05, 4.69) is 4.98 Å². The summed E-state index contributed by atoms with van der Waals surface area (Å²) in [7, 11) is 0. The van der Waals surface area contributed by atoms with E-state index in [0.717, 1.165) is 6.07 Å². The number of nitriles is 1. The van der Waals surface area contributed by atoms with Crippen molar-refractivity contribution in [3.05, 3.63) is 47.4 Å². The Balaban J connectivity index is 2.47. The van der Waals surface area contributed by atoms with Gasteiger partial charge in [0.2, 0.25) is 5.88 Å². The number of nitrogens with two attached hydrogens (primary N) is 1. The molecule has 0 amide bonds. The molecule has 0 aliphatic rings. The van der Waals surface area contributed by atoms with Crippen LogP contribution in [0.1, 0.15) is 15.9 Å². The number of nitrogen functional groups attached to an aromatic ring is 1. The van der Waals surface area contributed by atoms with Gasteiger partial charge in [0.25, 0.3) is 0 Å². The Kier molecular flexibility index (Phi) is 3.48. The minimum absolute atomic E-state index is 0.0887. The smallest absolute Gasteiger partial charge is 0.338 e. The van der Waals surface area contributed by atoms with Gasteiger partial charge in [-0.1, -0.05) is 6.07 Å². The number of pyridine rings is 1. The highest BCUT2D eigenvalue weighted by molar-refractivity contribution is 5.94. The molecule has 1 aromatic heterocycles. The lowest BCUT2D eigenvalue weighted by Gasteiger charge is -2.10. The molecular weight excluding hydrogens is 265 g/mol. The van der Waals surface area contributed by atoms with E-state index < -0.39 is 11.8 Å². The predicted molar refractivity (Wildman–Crippen MR) is 66.8 cm³/mol. The zero-order valence-corrected chi connectivity index (χ0v) is 10.0. The lowest BCUT2D eigenvalue weighted by Crippen LogP contribution is -2.05. The van der Waals surface area contributed by atoms with Crippen molar-refractivity contribution >= 4 is 11.7 Å². The number of halogens is 1. The Morgan fingerprint density at radius 1 is 1.45 bits per heavy atom. The number of aromatic carboxylic acids is 1. The van der Waals surface area contributed by atoms with Crippen LogP contribution < -0.4 is 10.5 Å². The minimum Gasteiger partial charge on any atom is -0.478 e. The van der Waals surface area contributed by atoms with Crippen molar-refractivity contribution in [3.8, 4) is 17.7 Å². The zero-order valence-electron chi connectivity index (χ0n) is 10.0. The van der Waals surface area contributed by atoms with E-state index in [9.17, 15) is 9.18 Å². The lowest BCUT2D eigenvalue weighted by molar-refractivity contribution is 0.0697. The second kappa shape index (κ2) is 5.24. The van der Waals surface area contributed by atoms with Gasteiger partial charge >= 0.3 is 5.97 Å². The summed E-state index contributed by atoms with van der Waals surface area (Å²) in [4.78, 5) is 14.7. The van der Waals surface area contributed by atoms with Crippen LogP contribution in [0.5, 0.6) is 11.6 Å². The van der Waals surface area contributed by atoms with Crippen LogP contribution in [0.4, 0.5) is 10.1 Å². The molecule has 0 spiro atoms. The molecule has 2 rings (SSSR count). The summed E-state index contributed by atoms with van der Waals surface area (Å²) in [6.45, 7) is 0. The Morgan fingerprint density at radius 2 is 2.20 bits per heavy atom. The number of nitrogens with zero attached hydrogens (tertiary/aromatic N) is 2. The monoisotopic (exact) mass is 273 g/mol. The van der Waals surface area contributed by atoms with Crippen molar-refractivity contribution in [1.29, 1.82) is 5.26 Å². The van der Waals surface area contributed by atoms with E-state index in [1.165, 1.54) is 24.4 Å². The van der Waals surface area contributed by atoms with Crippen LogP contribution in [0.15, 0.2) is 30.5 Å². The van der Waals surface area contributed by atoms with Crippen LogP contribution in [0.3, 0.4) is 0 Å². The van der Waals surface area contributed by atoms with Crippen LogP contribution in [-0.2, 0) is 0 Å². The van der Waals surface area contributed by atoms with Crippen LogP contribution in [-0.4, -0.2) is 16.1 Å². The lowest BCUT2D eigenvalue weighted by atomic mass is 10.2. The molecule has 1 aromatic carbocycles. The van der Waals surface area contributed by atoms with Gasteiger partial charge in [-0.15, -0.1) is 0 Å². The first kappa shape index (κ1) is 13.3.